The number of aliphatic hydroxyl groups excluding tert-OH is 1. The highest BCUT2D eigenvalue weighted by molar-refractivity contribution is 5.96. The Kier molecular flexibility index (Phi) is 2.59. The van der Waals surface area contributed by atoms with E-state index < -0.39 is 0 Å². The minimum Gasteiger partial charge on any atom is -0.494 e. The van der Waals surface area contributed by atoms with E-state index in [-0.39, 0.29) is 6.10 Å². The molecule has 0 atom stereocenters. The van der Waals surface area contributed by atoms with Crippen LogP contribution in [0.1, 0.15) is 5.56 Å². The molecule has 2 aromatic rings. The van der Waals surface area contributed by atoms with Crippen LogP contribution in [0.3, 0.4) is 0 Å². The van der Waals surface area contributed by atoms with Crippen molar-refractivity contribution < 1.29 is 9.84 Å². The Morgan fingerprint density at radius 1 is 1.39 bits per heavy atom. The summed E-state index contributed by atoms with van der Waals surface area (Å²) in [5.74, 6) is 0.787. The van der Waals surface area contributed by atoms with E-state index >= 15 is 0 Å². The maximum atomic E-state index is 9.46. The number of β-amino-alcohol motifs (C(OH)–C–C–N with tert-alkyl or cyclic N) is 1. The maximum absolute atomic E-state index is 9.46. The molecule has 1 aliphatic heterocycles. The molecule has 1 aliphatic rings. The van der Waals surface area contributed by atoms with Crippen molar-refractivity contribution in [2.24, 2.45) is 0 Å². The van der Waals surface area contributed by atoms with Crippen LogP contribution in [0.4, 0.5) is 5.69 Å². The molecule has 0 bridgehead atoms. The Labute approximate surface area is 106 Å². The molecule has 0 radical (unpaired) electrons. The summed E-state index contributed by atoms with van der Waals surface area (Å²) in [6, 6.07) is 5.94. The zero-order valence-corrected chi connectivity index (χ0v) is 10.6. The van der Waals surface area contributed by atoms with Crippen molar-refractivity contribution in [3.63, 3.8) is 0 Å². The quantitative estimate of drug-likeness (QED) is 0.874. The number of methoxy groups -OCH3 is 1. The van der Waals surface area contributed by atoms with E-state index in [0.717, 1.165) is 27.9 Å². The number of benzene rings is 1. The molecule has 0 spiro atoms. The first-order valence-electron chi connectivity index (χ1n) is 6.06. The highest BCUT2D eigenvalue weighted by Crippen LogP contribution is 2.35. The number of pyridine rings is 1. The summed E-state index contributed by atoms with van der Waals surface area (Å²) in [5, 5.41) is 10.5. The van der Waals surface area contributed by atoms with Crippen molar-refractivity contribution in [3.05, 3.63) is 30.0 Å². The largest absolute Gasteiger partial charge is 0.494 e. The molecule has 1 fully saturated rings. The van der Waals surface area contributed by atoms with E-state index in [1.54, 1.807) is 7.11 Å². The molecule has 0 saturated carbocycles. The SMILES string of the molecule is COc1cccc2c(N3CC(O)C3)c(C)cnc12. The summed E-state index contributed by atoms with van der Waals surface area (Å²) in [4.78, 5) is 6.64. The smallest absolute Gasteiger partial charge is 0.145 e. The number of hydrogen-bond donors (Lipinski definition) is 1. The number of para-hydroxylation sites is 1. The average Bonchev–Trinajstić information content (AvgIpc) is 2.35. The highest BCUT2D eigenvalue weighted by atomic mass is 16.5. The van der Waals surface area contributed by atoms with Gasteiger partial charge in [-0.15, -0.1) is 0 Å². The Hall–Kier alpha value is -1.81. The van der Waals surface area contributed by atoms with Crippen molar-refractivity contribution in [1.29, 1.82) is 0 Å². The standard InChI is InChI=1S/C14H16N2O2/c1-9-6-15-13-11(4-3-5-12(13)18-2)14(9)16-7-10(17)8-16/h3-6,10,17H,7-8H2,1-2H3. The van der Waals surface area contributed by atoms with E-state index in [0.29, 0.717) is 13.1 Å². The van der Waals surface area contributed by atoms with Gasteiger partial charge in [0.25, 0.3) is 0 Å². The van der Waals surface area contributed by atoms with Gasteiger partial charge in [0.1, 0.15) is 11.3 Å². The second-order valence-corrected chi connectivity index (χ2v) is 4.71. The van der Waals surface area contributed by atoms with Gasteiger partial charge in [0.15, 0.2) is 0 Å². The highest BCUT2D eigenvalue weighted by Gasteiger charge is 2.27. The van der Waals surface area contributed by atoms with Crippen molar-refractivity contribution in [3.8, 4) is 5.75 Å². The van der Waals surface area contributed by atoms with E-state index in [2.05, 4.69) is 16.0 Å². The lowest BCUT2D eigenvalue weighted by atomic mass is 10.0. The van der Waals surface area contributed by atoms with Crippen molar-refractivity contribution >= 4 is 16.6 Å². The van der Waals surface area contributed by atoms with E-state index in [4.69, 9.17) is 4.74 Å². The van der Waals surface area contributed by atoms with Crippen LogP contribution < -0.4 is 9.64 Å². The topological polar surface area (TPSA) is 45.6 Å². The molecule has 0 unspecified atom stereocenters. The Morgan fingerprint density at radius 3 is 2.83 bits per heavy atom. The van der Waals surface area contributed by atoms with Crippen LogP contribution in [0.25, 0.3) is 10.9 Å². The summed E-state index contributed by atoms with van der Waals surface area (Å²) in [6.45, 7) is 3.43. The van der Waals surface area contributed by atoms with Gasteiger partial charge in [-0.3, -0.25) is 4.98 Å². The predicted octanol–water partition coefficient (Wildman–Crippen LogP) is 1.73. The van der Waals surface area contributed by atoms with Crippen LogP contribution in [-0.2, 0) is 0 Å². The van der Waals surface area contributed by atoms with Crippen LogP contribution in [-0.4, -0.2) is 36.4 Å². The first-order chi connectivity index (χ1) is 8.70. The number of rotatable bonds is 2. The lowest BCUT2D eigenvalue weighted by molar-refractivity contribution is 0.142. The van der Waals surface area contributed by atoms with Gasteiger partial charge in [0.2, 0.25) is 0 Å². The molecule has 94 valence electrons. The summed E-state index contributed by atoms with van der Waals surface area (Å²) >= 11 is 0. The summed E-state index contributed by atoms with van der Waals surface area (Å²) in [6.07, 6.45) is 1.66. The monoisotopic (exact) mass is 244 g/mol. The number of hydrogen-bond acceptors (Lipinski definition) is 4. The van der Waals surface area contributed by atoms with Crippen molar-refractivity contribution in [2.45, 2.75) is 13.0 Å². The zero-order valence-electron chi connectivity index (χ0n) is 10.6. The molecule has 1 aromatic carbocycles. The molecule has 1 saturated heterocycles. The Balaban J connectivity index is 2.20. The number of nitrogens with zero attached hydrogens (tertiary/aromatic N) is 2. The Morgan fingerprint density at radius 2 is 2.17 bits per heavy atom. The number of anilines is 1. The fourth-order valence-electron chi connectivity index (χ4n) is 2.50. The maximum Gasteiger partial charge on any atom is 0.145 e. The first-order valence-corrected chi connectivity index (χ1v) is 6.06. The molecule has 18 heavy (non-hydrogen) atoms. The molecule has 2 heterocycles. The number of aliphatic hydroxyl groups is 1. The van der Waals surface area contributed by atoms with Gasteiger partial charge in [0, 0.05) is 24.7 Å². The molecule has 0 amide bonds. The van der Waals surface area contributed by atoms with Gasteiger partial charge in [-0.2, -0.15) is 0 Å². The number of fused-ring (bicyclic) bond motifs is 1. The summed E-state index contributed by atoms with van der Waals surface area (Å²) in [7, 11) is 1.66. The fourth-order valence-corrected chi connectivity index (χ4v) is 2.50. The number of ether oxygens (including phenoxy) is 1. The Bertz CT molecular complexity index is 592. The molecule has 3 rings (SSSR count). The third-order valence-corrected chi connectivity index (χ3v) is 3.41. The molecule has 1 N–H and O–H groups in total. The van der Waals surface area contributed by atoms with Crippen LogP contribution in [0.2, 0.25) is 0 Å². The predicted molar refractivity (Wildman–Crippen MR) is 71.3 cm³/mol. The lowest BCUT2D eigenvalue weighted by Gasteiger charge is -2.39. The molecule has 4 nitrogen and oxygen atoms in total. The lowest BCUT2D eigenvalue weighted by Crippen LogP contribution is -2.51. The second-order valence-electron chi connectivity index (χ2n) is 4.71. The van der Waals surface area contributed by atoms with Crippen molar-refractivity contribution in [1.82, 2.24) is 4.98 Å². The van der Waals surface area contributed by atoms with Crippen LogP contribution in [0, 0.1) is 6.92 Å². The minimum atomic E-state index is -0.210. The van der Waals surface area contributed by atoms with Gasteiger partial charge in [-0.05, 0) is 18.6 Å². The van der Waals surface area contributed by atoms with E-state index in [1.807, 2.05) is 25.3 Å². The molecular formula is C14H16N2O2. The normalized spacial score (nSPS) is 15.8. The molecule has 0 aliphatic carbocycles. The molecule has 4 heteroatoms. The van der Waals surface area contributed by atoms with Crippen LogP contribution in [0.15, 0.2) is 24.4 Å². The zero-order chi connectivity index (χ0) is 12.7. The van der Waals surface area contributed by atoms with Gasteiger partial charge < -0.3 is 14.7 Å². The fraction of sp³-hybridized carbons (Fsp3) is 0.357. The first kappa shape index (κ1) is 11.3. The summed E-state index contributed by atoms with van der Waals surface area (Å²) < 4.78 is 5.34. The van der Waals surface area contributed by atoms with E-state index in [1.165, 1.54) is 0 Å². The molecule has 1 aromatic heterocycles. The summed E-state index contributed by atoms with van der Waals surface area (Å²) in [5.41, 5.74) is 3.16. The van der Waals surface area contributed by atoms with Gasteiger partial charge in [0.05, 0.1) is 18.9 Å². The second kappa shape index (κ2) is 4.14. The third kappa shape index (κ3) is 1.61. The van der Waals surface area contributed by atoms with Crippen molar-refractivity contribution in [2.75, 3.05) is 25.1 Å². The van der Waals surface area contributed by atoms with Crippen LogP contribution in [0.5, 0.6) is 5.75 Å². The number of aryl methyl sites for hydroxylation is 1. The van der Waals surface area contributed by atoms with Crippen LogP contribution >= 0.6 is 0 Å². The molecular weight excluding hydrogens is 228 g/mol. The van der Waals surface area contributed by atoms with Gasteiger partial charge in [-0.1, -0.05) is 12.1 Å². The van der Waals surface area contributed by atoms with E-state index in [9.17, 15) is 5.11 Å². The average molecular weight is 244 g/mol. The third-order valence-electron chi connectivity index (χ3n) is 3.41. The van der Waals surface area contributed by atoms with Gasteiger partial charge >= 0.3 is 0 Å². The minimum absolute atomic E-state index is 0.210. The number of aromatic nitrogens is 1. The van der Waals surface area contributed by atoms with Gasteiger partial charge in [-0.25, -0.2) is 0 Å².